The van der Waals surface area contributed by atoms with Gasteiger partial charge in [-0.05, 0) is 37.5 Å². The Morgan fingerprint density at radius 2 is 1.65 bits per heavy atom. The van der Waals surface area contributed by atoms with E-state index in [2.05, 4.69) is 5.10 Å². The highest BCUT2D eigenvalue weighted by atomic mass is 16.2. The summed E-state index contributed by atoms with van der Waals surface area (Å²) in [5, 5.41) is 9.35. The minimum atomic E-state index is -0.285. The number of piperidine rings is 1. The molecule has 0 atom stereocenters. The number of benzene rings is 1. The summed E-state index contributed by atoms with van der Waals surface area (Å²) in [5.74, 6) is -0.0606. The predicted molar refractivity (Wildman–Crippen MR) is 119 cm³/mol. The van der Waals surface area contributed by atoms with Crippen LogP contribution in [0.5, 0.6) is 0 Å². The van der Waals surface area contributed by atoms with Crippen molar-refractivity contribution >= 4 is 11.4 Å². The highest BCUT2D eigenvalue weighted by Gasteiger charge is 2.20. The molecule has 4 heterocycles. The summed E-state index contributed by atoms with van der Waals surface area (Å²) in [6.07, 6.45) is 5.06. The Balaban J connectivity index is 1.58. The van der Waals surface area contributed by atoms with E-state index >= 15 is 0 Å². The second-order valence-corrected chi connectivity index (χ2v) is 7.78. The maximum Gasteiger partial charge on any atom is 0.267 e. The number of fused-ring (bicyclic) bond motifs is 1. The third-order valence-electron chi connectivity index (χ3n) is 5.70. The minimum Gasteiger partial charge on any atom is -0.341 e. The smallest absolute Gasteiger partial charge is 0.267 e. The molecule has 3 aromatic heterocycles. The predicted octanol–water partition coefficient (Wildman–Crippen LogP) is 3.24. The molecule has 1 saturated heterocycles. The third kappa shape index (κ3) is 3.74. The van der Waals surface area contributed by atoms with Gasteiger partial charge in [-0.15, -0.1) is 0 Å². The van der Waals surface area contributed by atoms with E-state index in [1.54, 1.807) is 6.07 Å². The van der Waals surface area contributed by atoms with Gasteiger partial charge >= 0.3 is 0 Å². The van der Waals surface area contributed by atoms with E-state index in [1.165, 1.54) is 10.7 Å². The maximum atomic E-state index is 12.7. The molecule has 4 aromatic rings. The van der Waals surface area contributed by atoms with E-state index in [0.29, 0.717) is 5.69 Å². The zero-order valence-corrected chi connectivity index (χ0v) is 17.1. The number of hydrogen-bond acceptors (Lipinski definition) is 4. The van der Waals surface area contributed by atoms with Crippen molar-refractivity contribution in [2.24, 2.45) is 0 Å². The fourth-order valence-electron chi connectivity index (χ4n) is 4.12. The molecule has 0 saturated carbocycles. The fourth-order valence-corrected chi connectivity index (χ4v) is 4.12. The first-order valence-corrected chi connectivity index (χ1v) is 10.6. The van der Waals surface area contributed by atoms with Crippen LogP contribution in [-0.2, 0) is 11.3 Å². The molecule has 1 aromatic carbocycles. The van der Waals surface area contributed by atoms with Crippen molar-refractivity contribution in [2.45, 2.75) is 25.8 Å². The van der Waals surface area contributed by atoms with Crippen molar-refractivity contribution in [1.29, 1.82) is 0 Å². The largest absolute Gasteiger partial charge is 0.341 e. The van der Waals surface area contributed by atoms with Crippen LogP contribution in [0.3, 0.4) is 0 Å². The molecule has 0 aliphatic carbocycles. The number of hydrogen-bond donors (Lipinski definition) is 0. The van der Waals surface area contributed by atoms with Crippen LogP contribution in [0.25, 0.3) is 28.0 Å². The summed E-state index contributed by atoms with van der Waals surface area (Å²) >= 11 is 0. The summed E-state index contributed by atoms with van der Waals surface area (Å²) in [6.45, 7) is 1.45. The molecule has 31 heavy (non-hydrogen) atoms. The fraction of sp³-hybridized carbons (Fsp3) is 0.250. The number of carbonyl (C=O) groups is 1. The maximum absolute atomic E-state index is 12.7. The topological polar surface area (TPSA) is 72.5 Å². The second-order valence-electron chi connectivity index (χ2n) is 7.78. The number of aromatic nitrogens is 4. The van der Waals surface area contributed by atoms with Gasteiger partial charge in [0.15, 0.2) is 0 Å². The molecule has 7 nitrogen and oxygen atoms in total. The van der Waals surface area contributed by atoms with Gasteiger partial charge in [-0.3, -0.25) is 9.59 Å². The van der Waals surface area contributed by atoms with Crippen molar-refractivity contribution in [3.8, 4) is 22.5 Å². The first kappa shape index (κ1) is 19.2. The molecule has 5 rings (SSSR count). The summed E-state index contributed by atoms with van der Waals surface area (Å²) < 4.78 is 3.08. The van der Waals surface area contributed by atoms with Crippen LogP contribution < -0.4 is 5.56 Å². The number of pyridine rings is 1. The van der Waals surface area contributed by atoms with Gasteiger partial charge in [0.2, 0.25) is 5.91 Å². The molecule has 0 unspecified atom stereocenters. The summed E-state index contributed by atoms with van der Waals surface area (Å²) in [7, 11) is 0. The van der Waals surface area contributed by atoms with Crippen molar-refractivity contribution < 1.29 is 4.79 Å². The Kier molecular flexibility index (Phi) is 5.08. The van der Waals surface area contributed by atoms with Crippen LogP contribution in [0.2, 0.25) is 0 Å². The molecule has 7 heteroatoms. The van der Waals surface area contributed by atoms with Gasteiger partial charge in [0.25, 0.3) is 5.56 Å². The molecule has 1 aliphatic rings. The number of amides is 1. The lowest BCUT2D eigenvalue weighted by Gasteiger charge is -2.26. The van der Waals surface area contributed by atoms with Crippen LogP contribution in [0.4, 0.5) is 0 Å². The molecular formula is C24H23N5O2. The number of nitrogens with zero attached hydrogens (tertiary/aromatic N) is 5. The van der Waals surface area contributed by atoms with E-state index in [4.69, 9.17) is 5.10 Å². The molecular weight excluding hydrogens is 390 g/mol. The average molecular weight is 413 g/mol. The highest BCUT2D eigenvalue weighted by Crippen LogP contribution is 2.33. The van der Waals surface area contributed by atoms with Crippen LogP contribution in [-0.4, -0.2) is 43.3 Å². The van der Waals surface area contributed by atoms with Gasteiger partial charge in [-0.2, -0.15) is 10.2 Å². The Morgan fingerprint density at radius 3 is 2.45 bits per heavy atom. The molecule has 156 valence electrons. The summed E-state index contributed by atoms with van der Waals surface area (Å²) in [6, 6.07) is 18.9. The van der Waals surface area contributed by atoms with Crippen LogP contribution >= 0.6 is 0 Å². The molecule has 1 amide bonds. The van der Waals surface area contributed by atoms with Crippen molar-refractivity contribution in [2.75, 3.05) is 13.1 Å². The Bertz CT molecular complexity index is 1290. The van der Waals surface area contributed by atoms with E-state index < -0.39 is 0 Å². The standard InChI is InChI=1S/C24H23N5O2/c30-21-13-12-19(25-29(21)17-22(31)27-14-6-2-7-15-27)23-20-11-5-8-16-28(20)26-24(23)18-9-3-1-4-10-18/h1,3-5,8-13,16H,2,6-7,14-15,17H2. The normalized spacial score (nSPS) is 14.1. The third-order valence-corrected chi connectivity index (χ3v) is 5.70. The molecule has 0 spiro atoms. The zero-order chi connectivity index (χ0) is 21.2. The van der Waals surface area contributed by atoms with Crippen molar-refractivity contribution in [3.05, 3.63) is 77.2 Å². The van der Waals surface area contributed by atoms with Gasteiger partial charge in [-0.1, -0.05) is 36.4 Å². The van der Waals surface area contributed by atoms with Crippen molar-refractivity contribution in [1.82, 2.24) is 24.3 Å². The SMILES string of the molecule is O=C(Cn1nc(-c2c(-c3ccccc3)nn3ccccc23)ccc1=O)N1CCCCC1. The minimum absolute atomic E-state index is 0.0491. The molecule has 1 aliphatic heterocycles. The van der Waals surface area contributed by atoms with E-state index in [0.717, 1.165) is 54.7 Å². The Labute approximate surface area is 179 Å². The first-order chi connectivity index (χ1) is 15.2. The number of carbonyl (C=O) groups excluding carboxylic acids is 1. The lowest BCUT2D eigenvalue weighted by molar-refractivity contribution is -0.133. The number of rotatable bonds is 4. The highest BCUT2D eigenvalue weighted by molar-refractivity contribution is 5.90. The lowest BCUT2D eigenvalue weighted by atomic mass is 10.0. The van der Waals surface area contributed by atoms with Gasteiger partial charge in [0, 0.05) is 30.9 Å². The molecule has 0 N–H and O–H groups in total. The van der Waals surface area contributed by atoms with Crippen LogP contribution in [0.15, 0.2) is 71.7 Å². The van der Waals surface area contributed by atoms with Gasteiger partial charge in [0.05, 0.1) is 16.8 Å². The number of likely N-dealkylation sites (tertiary alicyclic amines) is 1. The van der Waals surface area contributed by atoms with Gasteiger partial charge in [0.1, 0.15) is 12.2 Å². The van der Waals surface area contributed by atoms with E-state index in [9.17, 15) is 9.59 Å². The van der Waals surface area contributed by atoms with E-state index in [-0.39, 0.29) is 18.0 Å². The molecule has 1 fully saturated rings. The van der Waals surface area contributed by atoms with Crippen LogP contribution in [0, 0.1) is 0 Å². The monoisotopic (exact) mass is 413 g/mol. The Hall–Kier alpha value is -3.74. The first-order valence-electron chi connectivity index (χ1n) is 10.6. The summed E-state index contributed by atoms with van der Waals surface area (Å²) in [5.41, 5.74) is 3.81. The quantitative estimate of drug-likeness (QED) is 0.515. The zero-order valence-electron chi connectivity index (χ0n) is 17.1. The second kappa shape index (κ2) is 8.18. The van der Waals surface area contributed by atoms with Gasteiger partial charge < -0.3 is 4.90 Å². The average Bonchev–Trinajstić information content (AvgIpc) is 3.21. The lowest BCUT2D eigenvalue weighted by Crippen LogP contribution is -2.40. The molecule has 0 radical (unpaired) electrons. The molecule has 0 bridgehead atoms. The Morgan fingerprint density at radius 1 is 0.871 bits per heavy atom. The van der Waals surface area contributed by atoms with Crippen LogP contribution in [0.1, 0.15) is 19.3 Å². The van der Waals surface area contributed by atoms with Crippen molar-refractivity contribution in [3.63, 3.8) is 0 Å². The van der Waals surface area contributed by atoms with Gasteiger partial charge in [-0.25, -0.2) is 9.20 Å². The summed E-state index contributed by atoms with van der Waals surface area (Å²) in [4.78, 5) is 27.0. The van der Waals surface area contributed by atoms with E-state index in [1.807, 2.05) is 64.1 Å².